The van der Waals surface area contributed by atoms with Crippen LogP contribution in [0.4, 0.5) is 9.18 Å². The van der Waals surface area contributed by atoms with Gasteiger partial charge in [0.15, 0.2) is 0 Å². The maximum atomic E-state index is 13.6. The largest absolute Gasteiger partial charge is 0.508 e. The number of phenols is 1. The Balaban J connectivity index is 1.28. The van der Waals surface area contributed by atoms with Crippen molar-refractivity contribution in [1.82, 2.24) is 5.32 Å². The monoisotopic (exact) mass is 403 g/mol. The van der Waals surface area contributed by atoms with Crippen molar-refractivity contribution in [1.29, 1.82) is 0 Å². The number of benzene rings is 3. The van der Waals surface area contributed by atoms with Crippen LogP contribution < -0.4 is 5.32 Å². The van der Waals surface area contributed by atoms with Crippen LogP contribution in [0.5, 0.6) is 5.75 Å². The quantitative estimate of drug-likeness (QED) is 0.536. The molecule has 30 heavy (non-hydrogen) atoms. The Morgan fingerprint density at radius 1 is 1.03 bits per heavy atom. The molecule has 1 aliphatic carbocycles. The molecule has 152 valence electrons. The van der Waals surface area contributed by atoms with Gasteiger partial charge in [0.2, 0.25) is 0 Å². The van der Waals surface area contributed by atoms with Gasteiger partial charge >= 0.3 is 6.09 Å². The predicted octanol–water partition coefficient (Wildman–Crippen LogP) is 5.47. The second kappa shape index (κ2) is 8.82. The SMILES string of the molecule is O=C(NCCC=Cc1cc(O)ccc1F)OCC1c2ccccc2-c2ccccc21. The average Bonchev–Trinajstić information content (AvgIpc) is 3.08. The summed E-state index contributed by atoms with van der Waals surface area (Å²) in [6.07, 6.45) is 3.35. The van der Waals surface area contributed by atoms with Crippen molar-refractivity contribution in [3.8, 4) is 16.9 Å². The maximum Gasteiger partial charge on any atom is 0.407 e. The average molecular weight is 403 g/mol. The van der Waals surface area contributed by atoms with Crippen LogP contribution >= 0.6 is 0 Å². The van der Waals surface area contributed by atoms with E-state index in [0.717, 1.165) is 0 Å². The normalized spacial score (nSPS) is 12.6. The number of carbonyl (C=O) groups excluding carboxylic acids is 1. The van der Waals surface area contributed by atoms with Crippen molar-refractivity contribution >= 4 is 12.2 Å². The lowest BCUT2D eigenvalue weighted by molar-refractivity contribution is 0.143. The molecule has 2 N–H and O–H groups in total. The number of halogens is 1. The third-order valence-corrected chi connectivity index (χ3v) is 5.20. The van der Waals surface area contributed by atoms with Gasteiger partial charge in [0.25, 0.3) is 0 Å². The lowest BCUT2D eigenvalue weighted by Gasteiger charge is -2.14. The van der Waals surface area contributed by atoms with Crippen LogP contribution in [0.1, 0.15) is 29.0 Å². The van der Waals surface area contributed by atoms with E-state index in [9.17, 15) is 14.3 Å². The van der Waals surface area contributed by atoms with Crippen LogP contribution in [0.25, 0.3) is 17.2 Å². The predicted molar refractivity (Wildman–Crippen MR) is 115 cm³/mol. The Bertz CT molecular complexity index is 1050. The molecule has 3 aromatic rings. The van der Waals surface area contributed by atoms with Crippen LogP contribution in [-0.2, 0) is 4.74 Å². The van der Waals surface area contributed by atoms with Crippen LogP contribution in [0, 0.1) is 5.82 Å². The molecule has 0 aromatic heterocycles. The number of fused-ring (bicyclic) bond motifs is 3. The molecular weight excluding hydrogens is 381 g/mol. The molecule has 5 heteroatoms. The molecule has 0 atom stereocenters. The van der Waals surface area contributed by atoms with Gasteiger partial charge in [-0.25, -0.2) is 9.18 Å². The molecule has 0 heterocycles. The molecule has 1 aliphatic rings. The van der Waals surface area contributed by atoms with Gasteiger partial charge in [0.05, 0.1) is 0 Å². The van der Waals surface area contributed by atoms with Gasteiger partial charge in [-0.1, -0.05) is 60.7 Å². The summed E-state index contributed by atoms with van der Waals surface area (Å²) in [4.78, 5) is 12.1. The van der Waals surface area contributed by atoms with Crippen molar-refractivity contribution in [3.63, 3.8) is 0 Å². The number of phenolic OH excluding ortho intramolecular Hbond substituents is 1. The Morgan fingerprint density at radius 3 is 2.40 bits per heavy atom. The second-order valence-corrected chi connectivity index (χ2v) is 7.15. The summed E-state index contributed by atoms with van der Waals surface area (Å²) >= 11 is 0. The number of ether oxygens (including phenoxy) is 1. The van der Waals surface area contributed by atoms with Crippen LogP contribution in [-0.4, -0.2) is 24.4 Å². The van der Waals surface area contributed by atoms with Crippen molar-refractivity contribution in [2.75, 3.05) is 13.2 Å². The molecular formula is C25H22FNO3. The van der Waals surface area contributed by atoms with Crippen molar-refractivity contribution in [2.45, 2.75) is 12.3 Å². The number of amides is 1. The zero-order valence-corrected chi connectivity index (χ0v) is 16.3. The molecule has 0 aliphatic heterocycles. The van der Waals surface area contributed by atoms with E-state index in [1.54, 1.807) is 12.2 Å². The molecule has 0 bridgehead atoms. The smallest absolute Gasteiger partial charge is 0.407 e. The lowest BCUT2D eigenvalue weighted by Crippen LogP contribution is -2.26. The van der Waals surface area contributed by atoms with E-state index in [-0.39, 0.29) is 18.3 Å². The number of aromatic hydroxyl groups is 1. The first-order chi connectivity index (χ1) is 14.6. The summed E-state index contributed by atoms with van der Waals surface area (Å²) in [5.74, 6) is -0.377. The van der Waals surface area contributed by atoms with E-state index in [0.29, 0.717) is 18.5 Å². The highest BCUT2D eigenvalue weighted by Gasteiger charge is 2.28. The lowest BCUT2D eigenvalue weighted by atomic mass is 9.98. The summed E-state index contributed by atoms with van der Waals surface area (Å²) in [6.45, 7) is 0.637. The zero-order chi connectivity index (χ0) is 20.9. The van der Waals surface area contributed by atoms with E-state index in [1.165, 1.54) is 40.5 Å². The molecule has 4 rings (SSSR count). The summed E-state index contributed by atoms with van der Waals surface area (Å²) in [7, 11) is 0. The van der Waals surface area contributed by atoms with Crippen molar-refractivity contribution < 1.29 is 19.0 Å². The third kappa shape index (κ3) is 4.20. The van der Waals surface area contributed by atoms with Gasteiger partial charge in [-0.2, -0.15) is 0 Å². The summed E-state index contributed by atoms with van der Waals surface area (Å²) in [5.41, 5.74) is 5.01. The second-order valence-electron chi connectivity index (χ2n) is 7.15. The first-order valence-electron chi connectivity index (χ1n) is 9.87. The third-order valence-electron chi connectivity index (χ3n) is 5.20. The molecule has 4 nitrogen and oxygen atoms in total. The van der Waals surface area contributed by atoms with E-state index < -0.39 is 11.9 Å². The van der Waals surface area contributed by atoms with Gasteiger partial charge in [-0.05, 0) is 46.9 Å². The molecule has 0 spiro atoms. The fourth-order valence-electron chi connectivity index (χ4n) is 3.78. The number of carbonyl (C=O) groups is 1. The molecule has 0 saturated heterocycles. The highest BCUT2D eigenvalue weighted by atomic mass is 19.1. The standard InChI is InChI=1S/C25H22FNO3/c26-24-13-12-18(28)15-17(24)7-5-6-14-27-25(29)30-16-23-21-10-3-1-8-19(21)20-9-2-4-11-22(20)23/h1-5,7-13,15,23,28H,6,14,16H2,(H,27,29). The molecule has 0 saturated carbocycles. The van der Waals surface area contributed by atoms with E-state index in [4.69, 9.17) is 4.74 Å². The number of alkyl carbamates (subject to hydrolysis) is 1. The fourth-order valence-corrected chi connectivity index (χ4v) is 3.78. The van der Waals surface area contributed by atoms with Crippen molar-refractivity contribution in [2.24, 2.45) is 0 Å². The van der Waals surface area contributed by atoms with Crippen LogP contribution in [0.3, 0.4) is 0 Å². The summed E-state index contributed by atoms with van der Waals surface area (Å²) < 4.78 is 19.1. The Morgan fingerprint density at radius 2 is 1.70 bits per heavy atom. The minimum atomic E-state index is -0.478. The van der Waals surface area contributed by atoms with E-state index in [1.807, 2.05) is 24.3 Å². The van der Waals surface area contributed by atoms with E-state index >= 15 is 0 Å². The maximum absolute atomic E-state index is 13.6. The number of rotatable bonds is 6. The molecule has 3 aromatic carbocycles. The van der Waals surface area contributed by atoms with Gasteiger partial charge in [0.1, 0.15) is 18.2 Å². The summed E-state index contributed by atoms with van der Waals surface area (Å²) in [5, 5.41) is 12.1. The van der Waals surface area contributed by atoms with Crippen LogP contribution in [0.15, 0.2) is 72.8 Å². The number of hydrogen-bond acceptors (Lipinski definition) is 3. The zero-order valence-electron chi connectivity index (χ0n) is 16.3. The minimum absolute atomic E-state index is 0.00723. The van der Waals surface area contributed by atoms with Gasteiger partial charge in [-0.3, -0.25) is 0 Å². The van der Waals surface area contributed by atoms with E-state index in [2.05, 4.69) is 29.6 Å². The Kier molecular flexibility index (Phi) is 5.80. The number of hydrogen-bond donors (Lipinski definition) is 2. The van der Waals surface area contributed by atoms with Gasteiger partial charge in [0, 0.05) is 18.0 Å². The Labute approximate surface area is 174 Å². The Hall–Kier alpha value is -3.60. The first kappa shape index (κ1) is 19.7. The molecule has 0 fully saturated rings. The van der Waals surface area contributed by atoms with Gasteiger partial charge < -0.3 is 15.2 Å². The first-order valence-corrected chi connectivity index (χ1v) is 9.87. The van der Waals surface area contributed by atoms with Crippen LogP contribution in [0.2, 0.25) is 0 Å². The topological polar surface area (TPSA) is 58.6 Å². The number of nitrogens with one attached hydrogen (secondary N) is 1. The molecule has 1 amide bonds. The minimum Gasteiger partial charge on any atom is -0.508 e. The van der Waals surface area contributed by atoms with Gasteiger partial charge in [-0.15, -0.1) is 0 Å². The van der Waals surface area contributed by atoms with Crippen molar-refractivity contribution in [3.05, 3.63) is 95.3 Å². The molecule has 0 unspecified atom stereocenters. The summed E-state index contributed by atoms with van der Waals surface area (Å²) in [6, 6.07) is 20.2. The fraction of sp³-hybridized carbons (Fsp3) is 0.160. The highest BCUT2D eigenvalue weighted by Crippen LogP contribution is 2.44. The molecule has 0 radical (unpaired) electrons. The highest BCUT2D eigenvalue weighted by molar-refractivity contribution is 5.79.